The molecule has 0 saturated carbocycles. The molecule has 1 heterocycles. The van der Waals surface area contributed by atoms with Crippen LogP contribution < -0.4 is 26.4 Å². The number of hydrogen-bond donors (Lipinski definition) is 14. The normalized spacial score (nSPS) is 13.4. The Kier molecular flexibility index (Phi) is 32.5. The Balaban J connectivity index is 3.70. The minimum Gasteiger partial charge on any atom is -0.548 e. The molecule has 29 heteroatoms. The zero-order valence-electron chi connectivity index (χ0n) is 42.3. The molecule has 3 amide bonds. The van der Waals surface area contributed by atoms with Gasteiger partial charge in [-0.05, 0) is 44.2 Å². The molecule has 0 saturated heterocycles. The lowest BCUT2D eigenvalue weighted by atomic mass is 9.89. The lowest BCUT2D eigenvalue weighted by Gasteiger charge is -2.43. The molecule has 29 nitrogen and oxygen atoms in total. The van der Waals surface area contributed by atoms with Gasteiger partial charge in [0.1, 0.15) is 11.1 Å². The average Bonchev–Trinajstić information content (AvgIpc) is 3.39. The van der Waals surface area contributed by atoms with Crippen molar-refractivity contribution in [3.8, 4) is 0 Å². The van der Waals surface area contributed by atoms with Gasteiger partial charge in [0.2, 0.25) is 17.7 Å². The highest BCUT2D eigenvalue weighted by atomic mass is 16.4. The van der Waals surface area contributed by atoms with Crippen LogP contribution in [0.3, 0.4) is 0 Å². The number of nitrogens with zero attached hydrogens (tertiary/aromatic N) is 6. The smallest absolute Gasteiger partial charge is 0.223 e. The first-order valence-corrected chi connectivity index (χ1v) is 24.5. The predicted molar refractivity (Wildman–Crippen MR) is 254 cm³/mol. The van der Waals surface area contributed by atoms with Crippen LogP contribution in [-0.4, -0.2) is 286 Å². The number of carbonyl (C=O) groups is 6. The Labute approximate surface area is 434 Å². The molecule has 75 heavy (non-hydrogen) atoms. The third-order valence-corrected chi connectivity index (χ3v) is 13.3. The molecule has 432 valence electrons. The molecule has 0 spiro atoms. The van der Waals surface area contributed by atoms with Crippen molar-refractivity contribution in [2.24, 2.45) is 5.73 Å². The number of rotatable bonds is 44. The molecular formula is C46H79N8O21-3. The monoisotopic (exact) mass is 1080 g/mol. The number of carboxylic acids is 3. The van der Waals surface area contributed by atoms with Crippen LogP contribution in [0.15, 0.2) is 18.2 Å². The van der Waals surface area contributed by atoms with E-state index in [0.29, 0.717) is 0 Å². The SMILES string of the molecule is NCCN(CCN(Cc1cccc(CNC(CCC(=O)N(CCO)C(CO)(CO)CO)C(=O)[O-])n1)C(CCC(=O)N(CCO)C(CO)(CO)CO)C(=O)[O-])C(CCC(=O)N(CCO)C(CO)(CCO)CCO)C(=O)[O-]. The number of aliphatic hydroxyl groups is 12. The molecule has 15 N–H and O–H groups in total. The van der Waals surface area contributed by atoms with Crippen molar-refractivity contribution in [2.75, 3.05) is 125 Å². The van der Waals surface area contributed by atoms with Crippen LogP contribution in [0.2, 0.25) is 0 Å². The molecule has 0 aliphatic heterocycles. The number of nitrogens with one attached hydrogen (secondary N) is 1. The second-order valence-corrected chi connectivity index (χ2v) is 18.0. The van der Waals surface area contributed by atoms with Crippen LogP contribution in [0.5, 0.6) is 0 Å². The lowest BCUT2D eigenvalue weighted by Crippen LogP contribution is -2.60. The standard InChI is InChI=1S/C46H82N8O21/c47-12-13-50(36(42(72)73)5-8-39(68)52(16-21-57)44(26-60,10-19-55)11-20-56)14-15-51(37(43(74)75)6-9-40(69)54(18-23-59)46(30-64,31-65)32-66)25-34-3-1-2-33(49-34)24-48-35(41(70)71)4-7-38(67)53(17-22-58)45(27-61,28-62)29-63/h1-3,35-37,48,55-66H,4-32,47H2,(H,70,71)(H,72,73)(H,74,75)/p-3. The van der Waals surface area contributed by atoms with E-state index in [1.54, 1.807) is 0 Å². The summed E-state index contributed by atoms with van der Waals surface area (Å²) in [5.41, 5.74) is 0.875. The maximum Gasteiger partial charge on any atom is 0.223 e. The van der Waals surface area contributed by atoms with E-state index in [0.717, 1.165) is 14.7 Å². The van der Waals surface area contributed by atoms with E-state index in [-0.39, 0.29) is 70.0 Å². The van der Waals surface area contributed by atoms with Crippen LogP contribution in [0, 0.1) is 0 Å². The zero-order valence-corrected chi connectivity index (χ0v) is 42.3. The third kappa shape index (κ3) is 20.0. The molecule has 0 fully saturated rings. The van der Waals surface area contributed by atoms with E-state index >= 15 is 0 Å². The quantitative estimate of drug-likeness (QED) is 0.0289. The molecule has 0 bridgehead atoms. The minimum atomic E-state index is -1.96. The Morgan fingerprint density at radius 2 is 0.893 bits per heavy atom. The Hall–Kier alpha value is -4.67. The number of nitrogens with two attached hydrogens (primary N) is 1. The summed E-state index contributed by atoms with van der Waals surface area (Å²) in [6.45, 7) is -12.0. The van der Waals surface area contributed by atoms with Gasteiger partial charge in [-0.2, -0.15) is 0 Å². The highest BCUT2D eigenvalue weighted by molar-refractivity contribution is 5.80. The number of carbonyl (C=O) groups excluding carboxylic acids is 6. The van der Waals surface area contributed by atoms with Gasteiger partial charge in [0, 0.05) is 103 Å². The maximum absolute atomic E-state index is 13.7. The molecule has 0 aliphatic rings. The second kappa shape index (κ2) is 35.6. The second-order valence-electron chi connectivity index (χ2n) is 18.0. The summed E-state index contributed by atoms with van der Waals surface area (Å²) in [5, 5.41) is 159. The first-order valence-electron chi connectivity index (χ1n) is 24.5. The summed E-state index contributed by atoms with van der Waals surface area (Å²) in [6.07, 6.45) is -3.47. The number of hydrogen-bond acceptors (Lipinski definition) is 26. The summed E-state index contributed by atoms with van der Waals surface area (Å²) in [4.78, 5) is 88.4. The first kappa shape index (κ1) is 68.3. The van der Waals surface area contributed by atoms with E-state index in [2.05, 4.69) is 10.3 Å². The van der Waals surface area contributed by atoms with Crippen molar-refractivity contribution in [1.82, 2.24) is 34.8 Å². The highest BCUT2D eigenvalue weighted by Crippen LogP contribution is 2.26. The van der Waals surface area contributed by atoms with Crippen molar-refractivity contribution in [2.45, 2.75) is 99.2 Å². The topological polar surface area (TPSA) is 482 Å². The van der Waals surface area contributed by atoms with Gasteiger partial charge >= 0.3 is 0 Å². The van der Waals surface area contributed by atoms with Crippen LogP contribution in [0.1, 0.15) is 62.8 Å². The molecule has 1 rings (SSSR count). The van der Waals surface area contributed by atoms with Gasteiger partial charge < -0.3 is 117 Å². The molecule has 3 atom stereocenters. The number of aliphatic hydroxyl groups excluding tert-OH is 12. The van der Waals surface area contributed by atoms with E-state index in [1.807, 2.05) is 0 Å². The fourth-order valence-corrected chi connectivity index (χ4v) is 8.78. The van der Waals surface area contributed by atoms with Gasteiger partial charge in [0.25, 0.3) is 0 Å². The van der Waals surface area contributed by atoms with Crippen LogP contribution in [0.25, 0.3) is 0 Å². The first-order chi connectivity index (χ1) is 35.8. The van der Waals surface area contributed by atoms with Crippen LogP contribution >= 0.6 is 0 Å². The Bertz CT molecular complexity index is 1840. The van der Waals surface area contributed by atoms with E-state index in [1.165, 1.54) is 28.0 Å². The lowest BCUT2D eigenvalue weighted by molar-refractivity contribution is -0.314. The third-order valence-electron chi connectivity index (χ3n) is 13.3. The summed E-state index contributed by atoms with van der Waals surface area (Å²) in [6, 6.07) is -0.380. The number of amides is 3. The Morgan fingerprint density at radius 1 is 0.507 bits per heavy atom. The summed E-state index contributed by atoms with van der Waals surface area (Å²) >= 11 is 0. The van der Waals surface area contributed by atoms with Crippen LogP contribution in [-0.2, 0) is 41.9 Å². The number of β-amino-alcohol motifs (C(OH)–C–C–N with tert-alkyl or cyclic N) is 3. The molecule has 3 unspecified atom stereocenters. The van der Waals surface area contributed by atoms with Crippen molar-refractivity contribution in [3.63, 3.8) is 0 Å². The van der Waals surface area contributed by atoms with Gasteiger partial charge in [0.15, 0.2) is 0 Å². The number of pyridine rings is 1. The van der Waals surface area contributed by atoms with Gasteiger partial charge in [-0.25, -0.2) is 0 Å². The molecule has 0 aliphatic carbocycles. The molecule has 0 radical (unpaired) electrons. The minimum absolute atomic E-state index is 0.135. The van der Waals surface area contributed by atoms with Crippen molar-refractivity contribution < 1.29 is 105 Å². The van der Waals surface area contributed by atoms with Crippen LogP contribution in [0.4, 0.5) is 0 Å². The van der Waals surface area contributed by atoms with Crippen molar-refractivity contribution in [1.29, 1.82) is 0 Å². The fourth-order valence-electron chi connectivity index (χ4n) is 8.78. The number of aliphatic carboxylic acids is 3. The summed E-state index contributed by atoms with van der Waals surface area (Å²) < 4.78 is 0. The Morgan fingerprint density at radius 3 is 1.27 bits per heavy atom. The predicted octanol–water partition coefficient (Wildman–Crippen LogP) is -11.7. The van der Waals surface area contributed by atoms with Crippen molar-refractivity contribution >= 4 is 35.6 Å². The van der Waals surface area contributed by atoms with Gasteiger partial charge in [-0.1, -0.05) is 6.07 Å². The molecule has 1 aromatic heterocycles. The van der Waals surface area contributed by atoms with Gasteiger partial charge in [-0.3, -0.25) is 29.2 Å². The summed E-state index contributed by atoms with van der Waals surface area (Å²) in [7, 11) is 0. The molecule has 1 aromatic rings. The van der Waals surface area contributed by atoms with Gasteiger partial charge in [0.05, 0.1) is 107 Å². The molecular weight excluding hydrogens is 1000 g/mol. The number of aromatic nitrogens is 1. The fraction of sp³-hybridized carbons (Fsp3) is 0.761. The van der Waals surface area contributed by atoms with Gasteiger partial charge in [-0.15, -0.1) is 0 Å². The summed E-state index contributed by atoms with van der Waals surface area (Å²) in [5.74, 6) is -7.51. The highest BCUT2D eigenvalue weighted by Gasteiger charge is 2.41. The van der Waals surface area contributed by atoms with E-state index in [4.69, 9.17) is 5.73 Å². The average molecular weight is 1080 g/mol. The maximum atomic E-state index is 13.7. The van der Waals surface area contributed by atoms with E-state index in [9.17, 15) is 105 Å². The largest absolute Gasteiger partial charge is 0.548 e. The molecule has 0 aromatic carbocycles. The number of carboxylic acid groups (broad SMARTS) is 3. The van der Waals surface area contributed by atoms with E-state index < -0.39 is 201 Å². The zero-order chi connectivity index (χ0) is 56.8. The van der Waals surface area contributed by atoms with Crippen molar-refractivity contribution in [3.05, 3.63) is 29.6 Å².